The lowest BCUT2D eigenvalue weighted by Crippen LogP contribution is -2.53. The Bertz CT molecular complexity index is 246. The standard InChI is InChI=1S/C13H26N2O2/c1-10(2)14-6-8-15(9-7-14)13(16)12(5)17-11(3)4/h10-12H,6-9H2,1-5H3. The van der Waals surface area contributed by atoms with Gasteiger partial charge in [-0.15, -0.1) is 0 Å². The number of ether oxygens (including phenoxy) is 1. The zero-order chi connectivity index (χ0) is 13.0. The summed E-state index contributed by atoms with van der Waals surface area (Å²) in [7, 11) is 0. The van der Waals surface area contributed by atoms with Crippen LogP contribution in [-0.2, 0) is 9.53 Å². The van der Waals surface area contributed by atoms with Crippen molar-refractivity contribution < 1.29 is 9.53 Å². The van der Waals surface area contributed by atoms with Gasteiger partial charge in [-0.2, -0.15) is 0 Å². The number of carbonyl (C=O) groups is 1. The first kappa shape index (κ1) is 14.5. The number of hydrogen-bond acceptors (Lipinski definition) is 3. The van der Waals surface area contributed by atoms with Gasteiger partial charge >= 0.3 is 0 Å². The molecule has 17 heavy (non-hydrogen) atoms. The fourth-order valence-corrected chi connectivity index (χ4v) is 2.18. The Balaban J connectivity index is 2.40. The number of hydrogen-bond donors (Lipinski definition) is 0. The Morgan fingerprint density at radius 3 is 1.94 bits per heavy atom. The predicted molar refractivity (Wildman–Crippen MR) is 69.0 cm³/mol. The Morgan fingerprint density at radius 1 is 1.00 bits per heavy atom. The summed E-state index contributed by atoms with van der Waals surface area (Å²) in [6.45, 7) is 13.7. The van der Waals surface area contributed by atoms with E-state index < -0.39 is 0 Å². The van der Waals surface area contributed by atoms with Crippen LogP contribution in [0.15, 0.2) is 0 Å². The SMILES string of the molecule is CC(C)OC(C)C(=O)N1CCN(C(C)C)CC1. The van der Waals surface area contributed by atoms with Crippen LogP contribution in [0.3, 0.4) is 0 Å². The van der Waals surface area contributed by atoms with Crippen molar-refractivity contribution in [2.75, 3.05) is 26.2 Å². The van der Waals surface area contributed by atoms with Crippen molar-refractivity contribution in [3.8, 4) is 0 Å². The first-order valence-electron chi connectivity index (χ1n) is 6.60. The lowest BCUT2D eigenvalue weighted by Gasteiger charge is -2.38. The topological polar surface area (TPSA) is 32.8 Å². The molecule has 100 valence electrons. The van der Waals surface area contributed by atoms with Gasteiger partial charge in [0.1, 0.15) is 6.10 Å². The van der Waals surface area contributed by atoms with Crippen LogP contribution in [0.5, 0.6) is 0 Å². The average Bonchev–Trinajstić information content (AvgIpc) is 2.27. The van der Waals surface area contributed by atoms with Crippen LogP contribution < -0.4 is 0 Å². The lowest BCUT2D eigenvalue weighted by atomic mass is 10.2. The van der Waals surface area contributed by atoms with E-state index in [0.717, 1.165) is 26.2 Å². The molecule has 0 radical (unpaired) electrons. The van der Waals surface area contributed by atoms with E-state index in [4.69, 9.17) is 4.74 Å². The Morgan fingerprint density at radius 2 is 1.53 bits per heavy atom. The maximum Gasteiger partial charge on any atom is 0.251 e. The summed E-state index contributed by atoms with van der Waals surface area (Å²) < 4.78 is 5.53. The smallest absolute Gasteiger partial charge is 0.251 e. The third-order valence-electron chi connectivity index (χ3n) is 3.18. The summed E-state index contributed by atoms with van der Waals surface area (Å²) in [4.78, 5) is 16.4. The second kappa shape index (κ2) is 6.36. The van der Waals surface area contributed by atoms with E-state index in [1.54, 1.807) is 0 Å². The van der Waals surface area contributed by atoms with Crippen LogP contribution >= 0.6 is 0 Å². The van der Waals surface area contributed by atoms with Gasteiger partial charge < -0.3 is 9.64 Å². The van der Waals surface area contributed by atoms with Gasteiger partial charge in [-0.3, -0.25) is 9.69 Å². The van der Waals surface area contributed by atoms with Crippen LogP contribution in [-0.4, -0.2) is 60.1 Å². The van der Waals surface area contributed by atoms with Crippen LogP contribution in [0.1, 0.15) is 34.6 Å². The number of piperazine rings is 1. The van der Waals surface area contributed by atoms with Gasteiger partial charge in [0.2, 0.25) is 0 Å². The molecule has 0 aromatic rings. The molecule has 1 aliphatic rings. The molecule has 0 aromatic carbocycles. The largest absolute Gasteiger partial charge is 0.366 e. The highest BCUT2D eigenvalue weighted by atomic mass is 16.5. The predicted octanol–water partition coefficient (Wildman–Crippen LogP) is 1.35. The van der Waals surface area contributed by atoms with Crippen molar-refractivity contribution in [3.63, 3.8) is 0 Å². The number of carbonyl (C=O) groups excluding carboxylic acids is 1. The van der Waals surface area contributed by atoms with Crippen LogP contribution in [0.4, 0.5) is 0 Å². The first-order chi connectivity index (χ1) is 7.91. The lowest BCUT2D eigenvalue weighted by molar-refractivity contribution is -0.147. The fourth-order valence-electron chi connectivity index (χ4n) is 2.18. The summed E-state index contributed by atoms with van der Waals surface area (Å²) in [6.07, 6.45) is -0.216. The molecule has 4 heteroatoms. The van der Waals surface area contributed by atoms with Crippen LogP contribution in [0.25, 0.3) is 0 Å². The number of rotatable bonds is 4. The molecule has 0 aliphatic carbocycles. The minimum absolute atomic E-state index is 0.103. The summed E-state index contributed by atoms with van der Waals surface area (Å²) in [6, 6.07) is 0.566. The van der Waals surface area contributed by atoms with E-state index in [1.165, 1.54) is 0 Å². The van der Waals surface area contributed by atoms with E-state index >= 15 is 0 Å². The third kappa shape index (κ3) is 4.28. The minimum atomic E-state index is -0.319. The van der Waals surface area contributed by atoms with E-state index in [2.05, 4.69) is 18.7 Å². The number of amides is 1. The normalized spacial score (nSPS) is 20.1. The van der Waals surface area contributed by atoms with E-state index in [1.807, 2.05) is 25.7 Å². The fraction of sp³-hybridized carbons (Fsp3) is 0.923. The Hall–Kier alpha value is -0.610. The van der Waals surface area contributed by atoms with Crippen LogP contribution in [0, 0.1) is 0 Å². The Labute approximate surface area is 105 Å². The molecule has 1 rings (SSSR count). The highest BCUT2D eigenvalue weighted by Crippen LogP contribution is 2.09. The van der Waals surface area contributed by atoms with E-state index in [9.17, 15) is 4.79 Å². The molecule has 1 amide bonds. The second-order valence-electron chi connectivity index (χ2n) is 5.28. The maximum atomic E-state index is 12.1. The van der Waals surface area contributed by atoms with Crippen molar-refractivity contribution in [1.82, 2.24) is 9.80 Å². The molecule has 4 nitrogen and oxygen atoms in total. The molecule has 1 heterocycles. The molecular weight excluding hydrogens is 216 g/mol. The second-order valence-corrected chi connectivity index (χ2v) is 5.28. The van der Waals surface area contributed by atoms with Crippen molar-refractivity contribution in [3.05, 3.63) is 0 Å². The Kier molecular flexibility index (Phi) is 5.40. The van der Waals surface area contributed by atoms with Crippen molar-refractivity contribution in [2.45, 2.75) is 52.9 Å². The highest BCUT2D eigenvalue weighted by Gasteiger charge is 2.26. The van der Waals surface area contributed by atoms with Gasteiger partial charge in [-0.05, 0) is 34.6 Å². The molecule has 1 aliphatic heterocycles. The minimum Gasteiger partial charge on any atom is -0.366 e. The highest BCUT2D eigenvalue weighted by molar-refractivity contribution is 5.80. The van der Waals surface area contributed by atoms with Crippen LogP contribution in [0.2, 0.25) is 0 Å². The van der Waals surface area contributed by atoms with Gasteiger partial charge in [-0.25, -0.2) is 0 Å². The number of nitrogens with zero attached hydrogens (tertiary/aromatic N) is 2. The van der Waals surface area contributed by atoms with Crippen molar-refractivity contribution in [2.24, 2.45) is 0 Å². The molecule has 0 aromatic heterocycles. The molecule has 1 unspecified atom stereocenters. The van der Waals surface area contributed by atoms with Crippen molar-refractivity contribution in [1.29, 1.82) is 0 Å². The van der Waals surface area contributed by atoms with E-state index in [-0.39, 0.29) is 18.1 Å². The average molecular weight is 242 g/mol. The van der Waals surface area contributed by atoms with Gasteiger partial charge in [0.05, 0.1) is 6.10 Å². The monoisotopic (exact) mass is 242 g/mol. The molecule has 1 atom stereocenters. The summed E-state index contributed by atoms with van der Waals surface area (Å²) in [5, 5.41) is 0. The third-order valence-corrected chi connectivity index (χ3v) is 3.18. The molecule has 0 saturated carbocycles. The zero-order valence-electron chi connectivity index (χ0n) is 11.8. The van der Waals surface area contributed by atoms with E-state index in [0.29, 0.717) is 6.04 Å². The molecule has 1 saturated heterocycles. The molecule has 0 N–H and O–H groups in total. The van der Waals surface area contributed by atoms with Gasteiger partial charge in [0.15, 0.2) is 0 Å². The molecule has 0 bridgehead atoms. The summed E-state index contributed by atoms with van der Waals surface area (Å²) in [5.41, 5.74) is 0. The summed E-state index contributed by atoms with van der Waals surface area (Å²) >= 11 is 0. The molecule has 1 fully saturated rings. The van der Waals surface area contributed by atoms with Gasteiger partial charge in [-0.1, -0.05) is 0 Å². The summed E-state index contributed by atoms with van der Waals surface area (Å²) in [5.74, 6) is 0.127. The first-order valence-corrected chi connectivity index (χ1v) is 6.60. The zero-order valence-corrected chi connectivity index (χ0v) is 11.8. The molecular formula is C13H26N2O2. The molecule has 0 spiro atoms. The quantitative estimate of drug-likeness (QED) is 0.746. The maximum absolute atomic E-state index is 12.1. The van der Waals surface area contributed by atoms with Gasteiger partial charge in [0.25, 0.3) is 5.91 Å². The van der Waals surface area contributed by atoms with Crippen molar-refractivity contribution >= 4 is 5.91 Å². The van der Waals surface area contributed by atoms with Gasteiger partial charge in [0, 0.05) is 32.2 Å².